The fraction of sp³-hybridized carbons (Fsp3) is 0.348. The van der Waals surface area contributed by atoms with Gasteiger partial charge in [0.2, 0.25) is 5.91 Å². The van der Waals surface area contributed by atoms with Gasteiger partial charge in [-0.25, -0.2) is 8.42 Å². The number of ether oxygens (including phenoxy) is 1. The predicted octanol–water partition coefficient (Wildman–Crippen LogP) is 5.05. The molecule has 1 aliphatic heterocycles. The Hall–Kier alpha value is -2.60. The maximum absolute atomic E-state index is 12.1. The molecule has 0 bridgehead atoms. The Bertz CT molecular complexity index is 990. The molecule has 1 aliphatic rings. The van der Waals surface area contributed by atoms with Crippen LogP contribution in [0.1, 0.15) is 39.2 Å². The summed E-state index contributed by atoms with van der Waals surface area (Å²) >= 11 is 0. The van der Waals surface area contributed by atoms with E-state index in [1.807, 2.05) is 12.1 Å². The third-order valence-electron chi connectivity index (χ3n) is 5.35. The Morgan fingerprint density at radius 3 is 2.17 bits per heavy atom. The maximum Gasteiger partial charge on any atom is 0.224 e. The van der Waals surface area contributed by atoms with Crippen molar-refractivity contribution in [2.24, 2.45) is 5.92 Å². The summed E-state index contributed by atoms with van der Waals surface area (Å²) < 4.78 is 28.7. The first-order chi connectivity index (χ1) is 13.7. The molecular formula is C23H27NO4S. The van der Waals surface area contributed by atoms with Crippen LogP contribution >= 0.6 is 0 Å². The van der Waals surface area contributed by atoms with E-state index in [1.54, 1.807) is 30.3 Å². The number of allylic oxidation sites excluding steroid dienone is 1. The topological polar surface area (TPSA) is 72.5 Å². The molecule has 0 saturated carbocycles. The van der Waals surface area contributed by atoms with E-state index >= 15 is 0 Å². The van der Waals surface area contributed by atoms with Crippen LogP contribution in [-0.4, -0.2) is 20.1 Å². The third kappa shape index (κ3) is 5.70. The van der Waals surface area contributed by atoms with Crippen LogP contribution in [-0.2, 0) is 20.0 Å². The van der Waals surface area contributed by atoms with Gasteiger partial charge in [-0.2, -0.15) is 0 Å². The van der Waals surface area contributed by atoms with E-state index in [0.29, 0.717) is 11.4 Å². The summed E-state index contributed by atoms with van der Waals surface area (Å²) in [4.78, 5) is 12.1. The molecule has 1 N–H and O–H groups in total. The van der Waals surface area contributed by atoms with Crippen LogP contribution in [0.3, 0.4) is 0 Å². The van der Waals surface area contributed by atoms with Crippen molar-refractivity contribution in [2.75, 3.05) is 11.1 Å². The monoisotopic (exact) mass is 413 g/mol. The lowest BCUT2D eigenvalue weighted by atomic mass is 9.82. The Balaban J connectivity index is 1.55. The smallest absolute Gasteiger partial charge is 0.224 e. The number of hydrogen-bond acceptors (Lipinski definition) is 4. The molecule has 1 amide bonds. The van der Waals surface area contributed by atoms with Gasteiger partial charge in [-0.3, -0.25) is 4.79 Å². The highest BCUT2D eigenvalue weighted by molar-refractivity contribution is 7.94. The van der Waals surface area contributed by atoms with Gasteiger partial charge in [0.05, 0.1) is 5.75 Å². The quantitative estimate of drug-likeness (QED) is 0.689. The fourth-order valence-corrected chi connectivity index (χ4v) is 4.54. The second-order valence-electron chi connectivity index (χ2n) is 8.06. The van der Waals surface area contributed by atoms with Gasteiger partial charge in [-0.15, -0.1) is 0 Å². The molecule has 5 nitrogen and oxygen atoms in total. The molecule has 6 heteroatoms. The molecule has 2 aromatic rings. The minimum Gasteiger partial charge on any atom is -0.457 e. The van der Waals surface area contributed by atoms with Crippen LogP contribution in [0, 0.1) is 5.92 Å². The summed E-state index contributed by atoms with van der Waals surface area (Å²) in [5.41, 5.74) is 2.05. The maximum atomic E-state index is 12.1. The molecule has 0 spiro atoms. The van der Waals surface area contributed by atoms with Crippen molar-refractivity contribution in [1.82, 2.24) is 0 Å². The number of amides is 1. The average molecular weight is 414 g/mol. The van der Waals surface area contributed by atoms with Crippen LogP contribution in [0.4, 0.5) is 5.69 Å². The summed E-state index contributed by atoms with van der Waals surface area (Å²) in [5.74, 6) is 0.964. The van der Waals surface area contributed by atoms with Gasteiger partial charge < -0.3 is 10.1 Å². The van der Waals surface area contributed by atoms with Gasteiger partial charge in [0.25, 0.3) is 0 Å². The van der Waals surface area contributed by atoms with Crippen LogP contribution < -0.4 is 10.1 Å². The number of carbonyl (C=O) groups is 1. The Morgan fingerprint density at radius 1 is 1.07 bits per heavy atom. The third-order valence-corrected chi connectivity index (χ3v) is 6.81. The second-order valence-corrected chi connectivity index (χ2v) is 9.99. The van der Waals surface area contributed by atoms with Gasteiger partial charge in [0, 0.05) is 23.4 Å². The van der Waals surface area contributed by atoms with E-state index in [1.165, 1.54) is 11.0 Å². The highest BCUT2D eigenvalue weighted by Crippen LogP contribution is 2.30. The molecule has 3 rings (SSSR count). The molecule has 1 unspecified atom stereocenters. The summed E-state index contributed by atoms with van der Waals surface area (Å²) in [5, 5.41) is 3.98. The Labute approximate surface area is 172 Å². The largest absolute Gasteiger partial charge is 0.457 e. The van der Waals surface area contributed by atoms with E-state index in [4.69, 9.17) is 4.74 Å². The standard InChI is InChI=1S/C23H27NO4S/c1-4-23(2,3)18-5-9-20(10-6-18)28-21-11-7-19(8-12-21)24-22(25)15-17-13-14-29(26,27)16-17/h5-14,17H,4,15-16H2,1-3H3,(H,24,25). The number of benzene rings is 2. The van der Waals surface area contributed by atoms with Gasteiger partial charge in [-0.05, 0) is 53.8 Å². The SMILES string of the molecule is CCC(C)(C)c1ccc(Oc2ccc(NC(=O)CC3C=CS(=O)(=O)C3)cc2)cc1. The molecule has 1 heterocycles. The first-order valence-electron chi connectivity index (χ1n) is 9.76. The zero-order chi connectivity index (χ0) is 21.1. The number of hydrogen-bond donors (Lipinski definition) is 1. The first kappa shape index (κ1) is 21.1. The summed E-state index contributed by atoms with van der Waals surface area (Å²) in [6.07, 6.45) is 2.79. The summed E-state index contributed by atoms with van der Waals surface area (Å²) in [6.45, 7) is 6.62. The molecule has 154 valence electrons. The number of sulfone groups is 1. The summed E-state index contributed by atoms with van der Waals surface area (Å²) in [6, 6.07) is 15.2. The van der Waals surface area contributed by atoms with E-state index in [2.05, 4.69) is 38.2 Å². The van der Waals surface area contributed by atoms with Crippen molar-refractivity contribution in [3.05, 3.63) is 65.6 Å². The lowest BCUT2D eigenvalue weighted by molar-refractivity contribution is -0.116. The van der Waals surface area contributed by atoms with Crippen LogP contribution in [0.2, 0.25) is 0 Å². The minimum atomic E-state index is -3.14. The van der Waals surface area contributed by atoms with Crippen LogP contribution in [0.5, 0.6) is 11.5 Å². The zero-order valence-electron chi connectivity index (χ0n) is 17.0. The first-order valence-corrected chi connectivity index (χ1v) is 11.5. The fourth-order valence-electron chi connectivity index (χ4n) is 3.14. The molecule has 0 aromatic heterocycles. The highest BCUT2D eigenvalue weighted by atomic mass is 32.2. The molecular weight excluding hydrogens is 386 g/mol. The van der Waals surface area contributed by atoms with Crippen molar-refractivity contribution >= 4 is 21.4 Å². The van der Waals surface area contributed by atoms with Crippen molar-refractivity contribution in [3.8, 4) is 11.5 Å². The van der Waals surface area contributed by atoms with Gasteiger partial charge in [0.15, 0.2) is 9.84 Å². The summed E-state index contributed by atoms with van der Waals surface area (Å²) in [7, 11) is -3.14. The van der Waals surface area contributed by atoms with Crippen molar-refractivity contribution in [1.29, 1.82) is 0 Å². The molecule has 1 atom stereocenters. The molecule has 0 radical (unpaired) electrons. The average Bonchev–Trinajstić information content (AvgIpc) is 3.02. The molecule has 29 heavy (non-hydrogen) atoms. The normalized spacial score (nSPS) is 17.8. The number of rotatable bonds is 7. The second kappa shape index (κ2) is 8.41. The van der Waals surface area contributed by atoms with Crippen molar-refractivity contribution < 1.29 is 17.9 Å². The zero-order valence-corrected chi connectivity index (χ0v) is 17.8. The number of nitrogens with one attached hydrogen (secondary N) is 1. The van der Waals surface area contributed by atoms with Crippen LogP contribution in [0.15, 0.2) is 60.0 Å². The highest BCUT2D eigenvalue weighted by Gasteiger charge is 2.23. The molecule has 0 fully saturated rings. The van der Waals surface area contributed by atoms with E-state index < -0.39 is 9.84 Å². The van der Waals surface area contributed by atoms with Gasteiger partial charge in [-0.1, -0.05) is 39.0 Å². The number of anilines is 1. The van der Waals surface area contributed by atoms with Crippen LogP contribution in [0.25, 0.3) is 0 Å². The lowest BCUT2D eigenvalue weighted by Gasteiger charge is -2.23. The van der Waals surface area contributed by atoms with Crippen molar-refractivity contribution in [3.63, 3.8) is 0 Å². The molecule has 0 saturated heterocycles. The minimum absolute atomic E-state index is 0.00141. The Kier molecular flexibility index (Phi) is 6.13. The van der Waals surface area contributed by atoms with Gasteiger partial charge in [0.1, 0.15) is 11.5 Å². The Morgan fingerprint density at radius 2 is 1.66 bits per heavy atom. The molecule has 2 aromatic carbocycles. The number of carbonyl (C=O) groups excluding carboxylic acids is 1. The van der Waals surface area contributed by atoms with E-state index in [9.17, 15) is 13.2 Å². The lowest BCUT2D eigenvalue weighted by Crippen LogP contribution is -2.17. The predicted molar refractivity (Wildman–Crippen MR) is 116 cm³/mol. The van der Waals surface area contributed by atoms with Gasteiger partial charge >= 0.3 is 0 Å². The van der Waals surface area contributed by atoms with Crippen molar-refractivity contribution in [2.45, 2.75) is 39.0 Å². The van der Waals surface area contributed by atoms with E-state index in [0.717, 1.165) is 12.2 Å². The van der Waals surface area contributed by atoms with E-state index in [-0.39, 0.29) is 29.4 Å². The molecule has 0 aliphatic carbocycles.